The number of amides is 1. The van der Waals surface area contributed by atoms with Crippen LogP contribution in [0.1, 0.15) is 22.2 Å². The van der Waals surface area contributed by atoms with Crippen LogP contribution >= 0.6 is 22.9 Å². The molecule has 0 radical (unpaired) electrons. The van der Waals surface area contributed by atoms with E-state index in [1.807, 2.05) is 25.1 Å². The van der Waals surface area contributed by atoms with Crippen LogP contribution < -0.4 is 14.8 Å². The molecular formula is C23H22ClNO5S. The Balaban J connectivity index is 1.86. The summed E-state index contributed by atoms with van der Waals surface area (Å²) in [6.45, 7) is 3.60. The number of aryl methyl sites for hydroxylation is 1. The summed E-state index contributed by atoms with van der Waals surface area (Å²) in [6.07, 6.45) is 0. The van der Waals surface area contributed by atoms with Crippen molar-refractivity contribution < 1.29 is 23.8 Å². The lowest BCUT2D eigenvalue weighted by molar-refractivity contribution is -0.118. The smallest absolute Gasteiger partial charge is 0.341 e. The van der Waals surface area contributed by atoms with Gasteiger partial charge < -0.3 is 19.5 Å². The summed E-state index contributed by atoms with van der Waals surface area (Å²) in [5, 5.41) is 3.79. The summed E-state index contributed by atoms with van der Waals surface area (Å²) < 4.78 is 16.1. The summed E-state index contributed by atoms with van der Waals surface area (Å²) in [6, 6.07) is 14.2. The van der Waals surface area contributed by atoms with Crippen molar-refractivity contribution in [2.75, 3.05) is 25.6 Å². The number of nitrogens with one attached hydrogen (secondary N) is 1. The average Bonchev–Trinajstić information content (AvgIpc) is 3.08. The maximum atomic E-state index is 12.7. The molecule has 1 amide bonds. The molecule has 0 fully saturated rings. The normalized spacial score (nSPS) is 10.5. The second kappa shape index (κ2) is 10.3. The molecular weight excluding hydrogens is 438 g/mol. The van der Waals surface area contributed by atoms with Gasteiger partial charge in [0.2, 0.25) is 0 Å². The average molecular weight is 460 g/mol. The van der Waals surface area contributed by atoms with Crippen LogP contribution in [0.3, 0.4) is 0 Å². The summed E-state index contributed by atoms with van der Waals surface area (Å²) in [5.41, 5.74) is 1.84. The number of carbonyl (C=O) groups excluding carboxylic acids is 2. The Morgan fingerprint density at radius 1 is 1.06 bits per heavy atom. The van der Waals surface area contributed by atoms with Crippen LogP contribution in [0.15, 0.2) is 48.5 Å². The Morgan fingerprint density at radius 3 is 2.39 bits per heavy atom. The molecule has 2 aromatic carbocycles. The fourth-order valence-corrected chi connectivity index (χ4v) is 4.25. The van der Waals surface area contributed by atoms with E-state index in [1.165, 1.54) is 18.4 Å². The van der Waals surface area contributed by atoms with Gasteiger partial charge in [0, 0.05) is 15.5 Å². The molecule has 0 aliphatic heterocycles. The van der Waals surface area contributed by atoms with Crippen molar-refractivity contribution in [1.82, 2.24) is 0 Å². The largest absolute Gasteiger partial charge is 0.493 e. The standard InChI is InChI=1S/C23H22ClNO5S/c1-4-29-23(27)21-20(15-9-11-16(24)12-10-15)14(2)31-22(21)25-19(26)13-30-18-8-6-5-7-17(18)28-3/h5-12H,4,13H2,1-3H3,(H,25,26). The van der Waals surface area contributed by atoms with E-state index in [-0.39, 0.29) is 13.2 Å². The predicted octanol–water partition coefficient (Wildman–Crippen LogP) is 5.58. The molecule has 8 heteroatoms. The maximum absolute atomic E-state index is 12.7. The lowest BCUT2D eigenvalue weighted by atomic mass is 10.0. The van der Waals surface area contributed by atoms with E-state index in [1.54, 1.807) is 37.3 Å². The van der Waals surface area contributed by atoms with Crippen molar-refractivity contribution in [1.29, 1.82) is 0 Å². The number of benzene rings is 2. The molecule has 0 saturated heterocycles. The van der Waals surface area contributed by atoms with E-state index in [0.29, 0.717) is 32.6 Å². The summed E-state index contributed by atoms with van der Waals surface area (Å²) in [5.74, 6) is 0.0765. The first-order chi connectivity index (χ1) is 14.9. The number of thiophene rings is 1. The minimum Gasteiger partial charge on any atom is -0.493 e. The first kappa shape index (κ1) is 22.7. The Labute approximate surface area is 189 Å². The summed E-state index contributed by atoms with van der Waals surface area (Å²) in [7, 11) is 1.53. The molecule has 1 heterocycles. The van der Waals surface area contributed by atoms with Crippen LogP contribution in [-0.2, 0) is 9.53 Å². The minimum absolute atomic E-state index is 0.220. The Hall–Kier alpha value is -3.03. The highest BCUT2D eigenvalue weighted by Gasteiger charge is 2.25. The van der Waals surface area contributed by atoms with Crippen LogP contribution in [0.4, 0.5) is 5.00 Å². The quantitative estimate of drug-likeness (QED) is 0.445. The van der Waals surface area contributed by atoms with Gasteiger partial charge in [0.05, 0.1) is 13.7 Å². The van der Waals surface area contributed by atoms with Crippen molar-refractivity contribution in [3.8, 4) is 22.6 Å². The number of rotatable bonds is 8. The Kier molecular flexibility index (Phi) is 7.55. The molecule has 31 heavy (non-hydrogen) atoms. The molecule has 0 saturated carbocycles. The second-order valence-corrected chi connectivity index (χ2v) is 8.11. The van der Waals surface area contributed by atoms with Gasteiger partial charge in [-0.15, -0.1) is 11.3 Å². The summed E-state index contributed by atoms with van der Waals surface area (Å²) >= 11 is 7.31. The molecule has 0 bridgehead atoms. The van der Waals surface area contributed by atoms with Crippen LogP contribution in [0.2, 0.25) is 5.02 Å². The molecule has 0 atom stereocenters. The third-order valence-electron chi connectivity index (χ3n) is 4.38. The molecule has 162 valence electrons. The van der Waals surface area contributed by atoms with Crippen molar-refractivity contribution in [3.05, 3.63) is 64.0 Å². The van der Waals surface area contributed by atoms with Crippen molar-refractivity contribution in [2.24, 2.45) is 0 Å². The van der Waals surface area contributed by atoms with Gasteiger partial charge in [-0.05, 0) is 43.7 Å². The van der Waals surface area contributed by atoms with Gasteiger partial charge in [0.1, 0.15) is 10.6 Å². The molecule has 3 aromatic rings. The molecule has 1 N–H and O–H groups in total. The highest BCUT2D eigenvalue weighted by atomic mass is 35.5. The van der Waals surface area contributed by atoms with Crippen LogP contribution in [0.5, 0.6) is 11.5 Å². The van der Waals surface area contributed by atoms with E-state index in [2.05, 4.69) is 5.32 Å². The van der Waals surface area contributed by atoms with Crippen LogP contribution in [0.25, 0.3) is 11.1 Å². The van der Waals surface area contributed by atoms with Crippen LogP contribution in [-0.4, -0.2) is 32.2 Å². The molecule has 1 aromatic heterocycles. The number of anilines is 1. The minimum atomic E-state index is -0.502. The predicted molar refractivity (Wildman–Crippen MR) is 123 cm³/mol. The summed E-state index contributed by atoms with van der Waals surface area (Å²) in [4.78, 5) is 26.2. The first-order valence-corrected chi connectivity index (χ1v) is 10.8. The number of halogens is 1. The topological polar surface area (TPSA) is 73.9 Å². The fourth-order valence-electron chi connectivity index (χ4n) is 3.04. The molecule has 0 aliphatic rings. The van der Waals surface area contributed by atoms with Gasteiger partial charge in [-0.25, -0.2) is 4.79 Å². The lowest BCUT2D eigenvalue weighted by Gasteiger charge is -2.11. The molecule has 0 spiro atoms. The van der Waals surface area contributed by atoms with Gasteiger partial charge in [0.25, 0.3) is 5.91 Å². The zero-order chi connectivity index (χ0) is 22.4. The Bertz CT molecular complexity index is 1080. The molecule has 0 unspecified atom stereocenters. The number of esters is 1. The number of carbonyl (C=O) groups is 2. The number of hydrogen-bond donors (Lipinski definition) is 1. The first-order valence-electron chi connectivity index (χ1n) is 9.56. The third-order valence-corrected chi connectivity index (χ3v) is 5.65. The number of methoxy groups -OCH3 is 1. The van der Waals surface area contributed by atoms with E-state index < -0.39 is 11.9 Å². The van der Waals surface area contributed by atoms with Gasteiger partial charge in [-0.2, -0.15) is 0 Å². The maximum Gasteiger partial charge on any atom is 0.341 e. The van der Waals surface area contributed by atoms with E-state index in [9.17, 15) is 9.59 Å². The van der Waals surface area contributed by atoms with E-state index in [0.717, 1.165) is 10.4 Å². The number of hydrogen-bond acceptors (Lipinski definition) is 6. The van der Waals surface area contributed by atoms with E-state index >= 15 is 0 Å². The number of ether oxygens (including phenoxy) is 3. The highest BCUT2D eigenvalue weighted by molar-refractivity contribution is 7.17. The SMILES string of the molecule is CCOC(=O)c1c(NC(=O)COc2ccccc2OC)sc(C)c1-c1ccc(Cl)cc1. The molecule has 6 nitrogen and oxygen atoms in total. The van der Waals surface area contributed by atoms with Gasteiger partial charge in [-0.1, -0.05) is 35.9 Å². The van der Waals surface area contributed by atoms with Crippen molar-refractivity contribution in [2.45, 2.75) is 13.8 Å². The third kappa shape index (κ3) is 5.37. The van der Waals surface area contributed by atoms with E-state index in [4.69, 9.17) is 25.8 Å². The zero-order valence-corrected chi connectivity index (χ0v) is 18.9. The van der Waals surface area contributed by atoms with Gasteiger partial charge in [-0.3, -0.25) is 4.79 Å². The van der Waals surface area contributed by atoms with Crippen LogP contribution in [0, 0.1) is 6.92 Å². The van der Waals surface area contributed by atoms with Crippen molar-refractivity contribution >= 4 is 39.8 Å². The lowest BCUT2D eigenvalue weighted by Crippen LogP contribution is -2.21. The zero-order valence-electron chi connectivity index (χ0n) is 17.4. The fraction of sp³-hybridized carbons (Fsp3) is 0.217. The van der Waals surface area contributed by atoms with Crippen molar-refractivity contribution in [3.63, 3.8) is 0 Å². The highest BCUT2D eigenvalue weighted by Crippen LogP contribution is 2.40. The molecule has 0 aliphatic carbocycles. The second-order valence-electron chi connectivity index (χ2n) is 6.45. The number of para-hydroxylation sites is 2. The Morgan fingerprint density at radius 2 is 1.74 bits per heavy atom. The van der Waals surface area contributed by atoms with Gasteiger partial charge >= 0.3 is 5.97 Å². The monoisotopic (exact) mass is 459 g/mol. The molecule has 3 rings (SSSR count). The van der Waals surface area contributed by atoms with Gasteiger partial charge in [0.15, 0.2) is 18.1 Å².